The molecule has 12 heavy (non-hydrogen) atoms. The highest BCUT2D eigenvalue weighted by atomic mass is 15.2. The normalized spacial score (nSPS) is 19.5. The topological polar surface area (TPSA) is 54.7 Å². The van der Waals surface area contributed by atoms with Gasteiger partial charge in [-0.1, -0.05) is 6.92 Å². The summed E-state index contributed by atoms with van der Waals surface area (Å²) in [6.07, 6.45) is 2.72. The zero-order valence-electron chi connectivity index (χ0n) is 7.59. The highest BCUT2D eigenvalue weighted by Gasteiger charge is 2.31. The molecule has 66 valence electrons. The van der Waals surface area contributed by atoms with Gasteiger partial charge in [0, 0.05) is 17.2 Å². The van der Waals surface area contributed by atoms with Gasteiger partial charge < -0.3 is 5.73 Å². The Labute approximate surface area is 72.4 Å². The number of aromatic nitrogens is 2. The molecule has 3 heteroatoms. The van der Waals surface area contributed by atoms with Crippen LogP contribution in [0.5, 0.6) is 0 Å². The maximum atomic E-state index is 5.66. The lowest BCUT2D eigenvalue weighted by molar-refractivity contribution is 0.637. The molecule has 0 bridgehead atoms. The molecule has 0 aromatic carbocycles. The van der Waals surface area contributed by atoms with Crippen molar-refractivity contribution in [1.29, 1.82) is 0 Å². The van der Waals surface area contributed by atoms with Crippen LogP contribution >= 0.6 is 0 Å². The molecule has 3 nitrogen and oxygen atoms in total. The van der Waals surface area contributed by atoms with Crippen molar-refractivity contribution in [3.05, 3.63) is 11.3 Å². The molecular formula is C9H15N3. The van der Waals surface area contributed by atoms with Crippen LogP contribution in [0.2, 0.25) is 0 Å². The Kier molecular flexibility index (Phi) is 1.60. The highest BCUT2D eigenvalue weighted by Crippen LogP contribution is 2.42. The van der Waals surface area contributed by atoms with Crippen molar-refractivity contribution in [2.45, 2.75) is 32.6 Å². The molecule has 1 heterocycles. The molecule has 2 rings (SSSR count). The molecule has 0 saturated heterocycles. The largest absolute Gasteiger partial charge is 0.382 e. The summed E-state index contributed by atoms with van der Waals surface area (Å²) < 4.78 is 0. The second-order valence-electron chi connectivity index (χ2n) is 3.77. The first-order chi connectivity index (χ1) is 5.70. The van der Waals surface area contributed by atoms with E-state index in [4.69, 9.17) is 5.73 Å². The molecule has 0 radical (unpaired) electrons. The van der Waals surface area contributed by atoms with Crippen molar-refractivity contribution < 1.29 is 0 Å². The van der Waals surface area contributed by atoms with Crippen LogP contribution in [0.4, 0.5) is 5.82 Å². The number of nitrogens with two attached hydrogens (primary N) is 1. The number of nitrogens with one attached hydrogen (secondary N) is 1. The maximum absolute atomic E-state index is 5.66. The Hall–Kier alpha value is -0.990. The second-order valence-corrected chi connectivity index (χ2v) is 3.77. The van der Waals surface area contributed by atoms with Gasteiger partial charge in [-0.15, -0.1) is 0 Å². The number of aromatic amines is 1. The first-order valence-electron chi connectivity index (χ1n) is 4.50. The number of hydrogen-bond acceptors (Lipinski definition) is 2. The summed E-state index contributed by atoms with van der Waals surface area (Å²) in [6.45, 7) is 4.28. The minimum atomic E-state index is 0.606. The highest BCUT2D eigenvalue weighted by molar-refractivity contribution is 5.42. The van der Waals surface area contributed by atoms with Gasteiger partial charge in [-0.05, 0) is 25.7 Å². The fraction of sp³-hybridized carbons (Fsp3) is 0.667. The van der Waals surface area contributed by atoms with Gasteiger partial charge >= 0.3 is 0 Å². The number of nitrogen functional groups attached to an aromatic ring is 1. The first kappa shape index (κ1) is 7.65. The van der Waals surface area contributed by atoms with E-state index in [2.05, 4.69) is 17.1 Å². The van der Waals surface area contributed by atoms with Crippen LogP contribution in [0.15, 0.2) is 0 Å². The molecule has 1 aliphatic carbocycles. The van der Waals surface area contributed by atoms with Crippen molar-refractivity contribution in [1.82, 2.24) is 10.2 Å². The number of rotatable bonds is 2. The SMILES string of the molecule is Cc1c(N)n[nH]c1C(C)C1CC1. The molecule has 1 aliphatic rings. The van der Waals surface area contributed by atoms with Gasteiger partial charge in [0.2, 0.25) is 0 Å². The van der Waals surface area contributed by atoms with E-state index >= 15 is 0 Å². The molecule has 1 aromatic rings. The molecular weight excluding hydrogens is 150 g/mol. The molecule has 1 atom stereocenters. The summed E-state index contributed by atoms with van der Waals surface area (Å²) in [5.41, 5.74) is 8.02. The predicted molar refractivity (Wildman–Crippen MR) is 48.9 cm³/mol. The Balaban J connectivity index is 2.25. The standard InChI is InChI=1S/C9H15N3/c1-5(7-3-4-7)8-6(2)9(10)12-11-8/h5,7H,3-4H2,1-2H3,(H3,10,11,12). The van der Waals surface area contributed by atoms with Gasteiger partial charge in [0.1, 0.15) is 5.82 Å². The van der Waals surface area contributed by atoms with Crippen LogP contribution < -0.4 is 5.73 Å². The van der Waals surface area contributed by atoms with E-state index < -0.39 is 0 Å². The van der Waals surface area contributed by atoms with Gasteiger partial charge in [0.15, 0.2) is 0 Å². The smallest absolute Gasteiger partial charge is 0.148 e. The summed E-state index contributed by atoms with van der Waals surface area (Å²) in [4.78, 5) is 0. The lowest BCUT2D eigenvalue weighted by Crippen LogP contribution is -1.98. The van der Waals surface area contributed by atoms with E-state index in [9.17, 15) is 0 Å². The van der Waals surface area contributed by atoms with Crippen LogP contribution in [0.3, 0.4) is 0 Å². The Bertz CT molecular complexity index is 286. The molecule has 0 amide bonds. The van der Waals surface area contributed by atoms with Crippen molar-refractivity contribution in [2.75, 3.05) is 5.73 Å². The number of anilines is 1. The van der Waals surface area contributed by atoms with E-state index in [1.165, 1.54) is 18.5 Å². The third-order valence-electron chi connectivity index (χ3n) is 2.87. The molecule has 3 N–H and O–H groups in total. The van der Waals surface area contributed by atoms with Crippen LogP contribution in [-0.2, 0) is 0 Å². The Morgan fingerprint density at radius 3 is 2.67 bits per heavy atom. The quantitative estimate of drug-likeness (QED) is 0.702. The molecule has 1 fully saturated rings. The van der Waals surface area contributed by atoms with Crippen LogP contribution in [0, 0.1) is 12.8 Å². The summed E-state index contributed by atoms with van der Waals surface area (Å²) in [7, 11) is 0. The van der Waals surface area contributed by atoms with Crippen molar-refractivity contribution in [3.8, 4) is 0 Å². The summed E-state index contributed by atoms with van der Waals surface area (Å²) >= 11 is 0. The van der Waals surface area contributed by atoms with Crippen molar-refractivity contribution in [2.24, 2.45) is 5.92 Å². The lowest BCUT2D eigenvalue weighted by atomic mass is 9.99. The van der Waals surface area contributed by atoms with Gasteiger partial charge in [-0.3, -0.25) is 5.10 Å². The van der Waals surface area contributed by atoms with Gasteiger partial charge in [-0.25, -0.2) is 0 Å². The third kappa shape index (κ3) is 1.09. The summed E-state index contributed by atoms with van der Waals surface area (Å²) in [5, 5.41) is 7.02. The average Bonchev–Trinajstić information content (AvgIpc) is 2.82. The van der Waals surface area contributed by atoms with Crippen LogP contribution in [0.1, 0.15) is 36.9 Å². The number of nitrogens with zero attached hydrogens (tertiary/aromatic N) is 1. The summed E-state index contributed by atoms with van der Waals surface area (Å²) in [5.74, 6) is 2.12. The van der Waals surface area contributed by atoms with Gasteiger partial charge in [0.05, 0.1) is 0 Å². The van der Waals surface area contributed by atoms with E-state index in [1.54, 1.807) is 0 Å². The molecule has 1 unspecified atom stereocenters. The minimum Gasteiger partial charge on any atom is -0.382 e. The van der Waals surface area contributed by atoms with Gasteiger partial charge in [-0.2, -0.15) is 5.10 Å². The fourth-order valence-electron chi connectivity index (χ4n) is 1.70. The molecule has 0 spiro atoms. The Morgan fingerprint density at radius 2 is 2.25 bits per heavy atom. The van der Waals surface area contributed by atoms with Crippen molar-refractivity contribution >= 4 is 5.82 Å². The first-order valence-corrected chi connectivity index (χ1v) is 4.50. The van der Waals surface area contributed by atoms with E-state index in [0.29, 0.717) is 11.7 Å². The van der Waals surface area contributed by atoms with Crippen molar-refractivity contribution in [3.63, 3.8) is 0 Å². The third-order valence-corrected chi connectivity index (χ3v) is 2.87. The van der Waals surface area contributed by atoms with Gasteiger partial charge in [0.25, 0.3) is 0 Å². The fourth-order valence-corrected chi connectivity index (χ4v) is 1.70. The molecule has 1 aromatic heterocycles. The van der Waals surface area contributed by atoms with E-state index in [1.807, 2.05) is 6.92 Å². The minimum absolute atomic E-state index is 0.606. The van der Waals surface area contributed by atoms with E-state index in [-0.39, 0.29) is 0 Å². The summed E-state index contributed by atoms with van der Waals surface area (Å²) in [6, 6.07) is 0. The molecule has 1 saturated carbocycles. The lowest BCUT2D eigenvalue weighted by Gasteiger charge is -2.07. The monoisotopic (exact) mass is 165 g/mol. The number of H-pyrrole nitrogens is 1. The maximum Gasteiger partial charge on any atom is 0.148 e. The average molecular weight is 165 g/mol. The predicted octanol–water partition coefficient (Wildman–Crippen LogP) is 1.81. The van der Waals surface area contributed by atoms with E-state index in [0.717, 1.165) is 11.5 Å². The van der Waals surface area contributed by atoms with Crippen LogP contribution in [-0.4, -0.2) is 10.2 Å². The zero-order chi connectivity index (χ0) is 8.72. The second kappa shape index (κ2) is 2.51. The zero-order valence-corrected chi connectivity index (χ0v) is 7.59. The number of hydrogen-bond donors (Lipinski definition) is 2. The Morgan fingerprint density at radius 1 is 1.58 bits per heavy atom. The molecule has 0 aliphatic heterocycles. The van der Waals surface area contributed by atoms with Crippen LogP contribution in [0.25, 0.3) is 0 Å².